The van der Waals surface area contributed by atoms with Crippen LogP contribution in [-0.4, -0.2) is 10.1 Å². The molecule has 0 aliphatic rings. The van der Waals surface area contributed by atoms with E-state index < -0.39 is 0 Å². The minimum atomic E-state index is -0.0609. The SMILES string of the molecule is Cc1ccc[n+](/C(C(=S)Nc2ccccc2C)=C(\O)c2cc(Cl)ccc2Cl)c1. The molecule has 6 heteroatoms. The number of hydrogen-bond donors (Lipinski definition) is 2. The lowest BCUT2D eigenvalue weighted by molar-refractivity contribution is -0.576. The molecule has 3 aromatic rings. The van der Waals surface area contributed by atoms with Crippen LogP contribution >= 0.6 is 35.4 Å². The Kier molecular flexibility index (Phi) is 6.35. The standard InChI is InChI=1S/C22H18Cl2N2OS/c1-14-6-5-11-26(13-14)20(21(27)17-12-16(23)9-10-18(17)24)22(28)25-19-8-4-3-7-15(19)2/h3-13H,1-2H3,(H-,25,27,28)/p+1. The highest BCUT2D eigenvalue weighted by atomic mass is 35.5. The lowest BCUT2D eigenvalue weighted by atomic mass is 10.1. The molecule has 2 N–H and O–H groups in total. The van der Waals surface area contributed by atoms with Crippen molar-refractivity contribution >= 4 is 57.6 Å². The summed E-state index contributed by atoms with van der Waals surface area (Å²) in [5, 5.41) is 15.2. The average Bonchev–Trinajstić information content (AvgIpc) is 2.66. The van der Waals surface area contributed by atoms with E-state index in [0.717, 1.165) is 16.8 Å². The van der Waals surface area contributed by atoms with Crippen LogP contribution < -0.4 is 9.88 Å². The number of para-hydroxylation sites is 1. The van der Waals surface area contributed by atoms with Crippen molar-refractivity contribution in [1.82, 2.24) is 0 Å². The predicted octanol–water partition coefficient (Wildman–Crippen LogP) is 6.22. The van der Waals surface area contributed by atoms with Gasteiger partial charge in [0.05, 0.1) is 5.02 Å². The summed E-state index contributed by atoms with van der Waals surface area (Å²) in [6, 6.07) is 16.6. The van der Waals surface area contributed by atoms with E-state index in [1.54, 1.807) is 22.8 Å². The van der Waals surface area contributed by atoms with Crippen molar-refractivity contribution in [3.8, 4) is 0 Å². The molecule has 0 radical (unpaired) electrons. The van der Waals surface area contributed by atoms with Crippen LogP contribution in [0.4, 0.5) is 5.69 Å². The van der Waals surface area contributed by atoms with E-state index >= 15 is 0 Å². The quantitative estimate of drug-likeness (QED) is 0.223. The maximum atomic E-state index is 11.1. The second-order valence-corrected chi connectivity index (χ2v) is 7.63. The lowest BCUT2D eigenvalue weighted by Crippen LogP contribution is -2.38. The number of aromatic nitrogens is 1. The first-order chi connectivity index (χ1) is 13.4. The maximum Gasteiger partial charge on any atom is 0.288 e. The average molecular weight is 430 g/mol. The van der Waals surface area contributed by atoms with Crippen molar-refractivity contribution in [1.29, 1.82) is 0 Å². The molecule has 0 spiro atoms. The van der Waals surface area contributed by atoms with E-state index in [-0.39, 0.29) is 5.76 Å². The molecule has 3 rings (SSSR count). The number of aliphatic hydroxyl groups is 1. The molecule has 2 aromatic carbocycles. The second-order valence-electron chi connectivity index (χ2n) is 6.38. The minimum absolute atomic E-state index is 0.0609. The number of rotatable bonds is 4. The molecule has 3 nitrogen and oxygen atoms in total. The summed E-state index contributed by atoms with van der Waals surface area (Å²) in [6.45, 7) is 3.96. The van der Waals surface area contributed by atoms with Crippen LogP contribution in [0.25, 0.3) is 11.5 Å². The van der Waals surface area contributed by atoms with Crippen LogP contribution in [-0.2, 0) is 0 Å². The monoisotopic (exact) mass is 429 g/mol. The number of halogens is 2. The third kappa shape index (κ3) is 4.53. The summed E-state index contributed by atoms with van der Waals surface area (Å²) < 4.78 is 1.77. The molecule has 0 aliphatic heterocycles. The van der Waals surface area contributed by atoms with Gasteiger partial charge < -0.3 is 10.4 Å². The zero-order chi connectivity index (χ0) is 20.3. The number of hydrogen-bond acceptors (Lipinski definition) is 2. The van der Waals surface area contributed by atoms with Gasteiger partial charge in [-0.3, -0.25) is 0 Å². The molecular weight excluding hydrogens is 411 g/mol. The summed E-state index contributed by atoms with van der Waals surface area (Å²) >= 11 is 18.1. The lowest BCUT2D eigenvalue weighted by Gasteiger charge is -2.12. The molecule has 28 heavy (non-hydrogen) atoms. The topological polar surface area (TPSA) is 36.1 Å². The van der Waals surface area contributed by atoms with Gasteiger partial charge in [-0.05, 0) is 49.7 Å². The molecule has 0 aliphatic carbocycles. The first-order valence-corrected chi connectivity index (χ1v) is 9.77. The van der Waals surface area contributed by atoms with Gasteiger partial charge in [0, 0.05) is 27.9 Å². The molecule has 0 unspecified atom stereocenters. The molecule has 1 aromatic heterocycles. The first kappa shape index (κ1) is 20.3. The predicted molar refractivity (Wildman–Crippen MR) is 121 cm³/mol. The van der Waals surface area contributed by atoms with Crippen LogP contribution in [0.15, 0.2) is 67.0 Å². The fraction of sp³-hybridized carbons (Fsp3) is 0.0909. The van der Waals surface area contributed by atoms with Crippen LogP contribution in [0.1, 0.15) is 16.7 Å². The summed E-state index contributed by atoms with van der Waals surface area (Å²) in [5.41, 5.74) is 3.74. The zero-order valence-corrected chi connectivity index (χ0v) is 17.7. The number of anilines is 1. The number of aliphatic hydroxyl groups excluding tert-OH is 1. The molecule has 0 saturated heterocycles. The third-order valence-electron chi connectivity index (χ3n) is 4.22. The Bertz CT molecular complexity index is 1080. The second kappa shape index (κ2) is 8.74. The van der Waals surface area contributed by atoms with Gasteiger partial charge in [-0.2, -0.15) is 4.57 Å². The number of nitrogens with zero attached hydrogens (tertiary/aromatic N) is 1. The number of pyridine rings is 1. The molecular formula is C22H19Cl2N2OS+. The Hall–Kier alpha value is -2.40. The highest BCUT2D eigenvalue weighted by Crippen LogP contribution is 2.28. The van der Waals surface area contributed by atoms with Gasteiger partial charge in [0.2, 0.25) is 5.76 Å². The van der Waals surface area contributed by atoms with Gasteiger partial charge in [-0.25, -0.2) is 0 Å². The van der Waals surface area contributed by atoms with Crippen LogP contribution in [0.5, 0.6) is 0 Å². The maximum absolute atomic E-state index is 11.1. The van der Waals surface area contributed by atoms with Crippen molar-refractivity contribution in [2.24, 2.45) is 0 Å². The van der Waals surface area contributed by atoms with Crippen molar-refractivity contribution < 1.29 is 9.67 Å². The number of benzene rings is 2. The Balaban J connectivity index is 2.16. The minimum Gasteiger partial charge on any atom is -0.502 e. The number of aryl methyl sites for hydroxylation is 2. The third-order valence-corrected chi connectivity index (χ3v) is 5.08. The molecule has 0 atom stereocenters. The largest absolute Gasteiger partial charge is 0.502 e. The molecule has 0 fully saturated rings. The van der Waals surface area contributed by atoms with Crippen molar-refractivity contribution in [2.75, 3.05) is 5.32 Å². The number of thiocarbonyl (C=S) groups is 1. The Labute approximate surface area is 179 Å². The van der Waals surface area contributed by atoms with Gasteiger partial charge >= 0.3 is 0 Å². The summed E-state index contributed by atoms with van der Waals surface area (Å²) in [6.07, 6.45) is 3.71. The highest BCUT2D eigenvalue weighted by molar-refractivity contribution is 7.81. The highest BCUT2D eigenvalue weighted by Gasteiger charge is 2.25. The van der Waals surface area contributed by atoms with E-state index in [1.807, 2.05) is 62.6 Å². The normalized spacial score (nSPS) is 11.7. The summed E-state index contributed by atoms with van der Waals surface area (Å²) in [4.78, 5) is 0.360. The van der Waals surface area contributed by atoms with E-state index in [2.05, 4.69) is 5.32 Å². The van der Waals surface area contributed by atoms with Crippen LogP contribution in [0.2, 0.25) is 10.0 Å². The van der Waals surface area contributed by atoms with Gasteiger partial charge in [0.15, 0.2) is 17.4 Å². The van der Waals surface area contributed by atoms with Crippen molar-refractivity contribution in [3.63, 3.8) is 0 Å². The Morgan fingerprint density at radius 1 is 1.04 bits per heavy atom. The van der Waals surface area contributed by atoms with Crippen molar-refractivity contribution in [3.05, 3.63) is 93.7 Å². The zero-order valence-electron chi connectivity index (χ0n) is 15.4. The van der Waals surface area contributed by atoms with Crippen LogP contribution in [0.3, 0.4) is 0 Å². The van der Waals surface area contributed by atoms with Gasteiger partial charge in [-0.1, -0.05) is 53.6 Å². The van der Waals surface area contributed by atoms with E-state index in [0.29, 0.717) is 26.3 Å². The van der Waals surface area contributed by atoms with Gasteiger partial charge in [0.25, 0.3) is 5.70 Å². The van der Waals surface area contributed by atoms with Gasteiger partial charge in [0.1, 0.15) is 0 Å². The fourth-order valence-electron chi connectivity index (χ4n) is 2.78. The Morgan fingerprint density at radius 2 is 1.79 bits per heavy atom. The molecule has 1 heterocycles. The molecule has 0 saturated carbocycles. The fourth-order valence-corrected chi connectivity index (χ4v) is 3.47. The van der Waals surface area contributed by atoms with E-state index in [1.165, 1.54) is 0 Å². The molecule has 142 valence electrons. The first-order valence-electron chi connectivity index (χ1n) is 8.61. The van der Waals surface area contributed by atoms with E-state index in [9.17, 15) is 5.11 Å². The Morgan fingerprint density at radius 3 is 2.50 bits per heavy atom. The molecule has 0 amide bonds. The van der Waals surface area contributed by atoms with Gasteiger partial charge in [-0.15, -0.1) is 0 Å². The molecule has 0 bridgehead atoms. The van der Waals surface area contributed by atoms with Crippen molar-refractivity contribution in [2.45, 2.75) is 13.8 Å². The number of nitrogens with one attached hydrogen (secondary N) is 1. The summed E-state index contributed by atoms with van der Waals surface area (Å²) in [5.74, 6) is -0.0609. The van der Waals surface area contributed by atoms with E-state index in [4.69, 9.17) is 35.4 Å². The smallest absolute Gasteiger partial charge is 0.288 e. The van der Waals surface area contributed by atoms with Crippen LogP contribution in [0, 0.1) is 13.8 Å². The summed E-state index contributed by atoms with van der Waals surface area (Å²) in [7, 11) is 0.